The molecular formula is C23H24N6O2S. The zero-order chi connectivity index (χ0) is 21.7. The highest BCUT2D eigenvalue weighted by Gasteiger charge is 2.26. The van der Waals surface area contributed by atoms with Crippen molar-refractivity contribution < 1.29 is 4.79 Å². The molecule has 32 heavy (non-hydrogen) atoms. The molecule has 4 aromatic heterocycles. The Kier molecular flexibility index (Phi) is 4.78. The van der Waals surface area contributed by atoms with Crippen molar-refractivity contribution >= 4 is 33.1 Å². The molecule has 8 nitrogen and oxygen atoms in total. The molecule has 0 radical (unpaired) electrons. The zero-order valence-corrected chi connectivity index (χ0v) is 18.6. The minimum atomic E-state index is -0.302. The molecule has 0 bridgehead atoms. The van der Waals surface area contributed by atoms with E-state index in [1.54, 1.807) is 28.3 Å². The summed E-state index contributed by atoms with van der Waals surface area (Å²) < 4.78 is 3.02. The summed E-state index contributed by atoms with van der Waals surface area (Å²) >= 11 is 1.65. The molecule has 4 aromatic rings. The van der Waals surface area contributed by atoms with Crippen LogP contribution in [0.1, 0.15) is 42.5 Å². The second-order valence-electron chi connectivity index (χ2n) is 8.61. The van der Waals surface area contributed by atoms with Gasteiger partial charge in [0, 0.05) is 35.9 Å². The summed E-state index contributed by atoms with van der Waals surface area (Å²) in [5, 5.41) is 5.56. The minimum absolute atomic E-state index is 0.00768. The van der Waals surface area contributed by atoms with Gasteiger partial charge in [-0.3, -0.25) is 14.3 Å². The summed E-state index contributed by atoms with van der Waals surface area (Å²) in [5.41, 5.74) is 2.38. The van der Waals surface area contributed by atoms with Gasteiger partial charge in [-0.15, -0.1) is 16.4 Å². The predicted octanol–water partition coefficient (Wildman–Crippen LogP) is 3.06. The third-order valence-corrected chi connectivity index (χ3v) is 7.90. The quantitative estimate of drug-likeness (QED) is 0.481. The number of fused-ring (bicyclic) bond motifs is 5. The van der Waals surface area contributed by atoms with E-state index >= 15 is 0 Å². The largest absolute Gasteiger partial charge is 0.352 e. The fourth-order valence-electron chi connectivity index (χ4n) is 4.92. The molecule has 0 atom stereocenters. The molecule has 2 aliphatic rings. The highest BCUT2D eigenvalue weighted by atomic mass is 32.1. The summed E-state index contributed by atoms with van der Waals surface area (Å²) in [7, 11) is 0. The summed E-state index contributed by atoms with van der Waals surface area (Å²) in [6.45, 7) is 1.60. The standard InChI is InChI=1S/C23H24N6O2S/c30-18(27-12-4-1-5-13-27)14-28-22-19(16-6-2-3-7-17(16)32-22)21-25-20(26-29(21)23(28)31)15-8-10-24-11-9-15/h8-11H,1-7,12-14H2. The number of hydrogen-bond acceptors (Lipinski definition) is 6. The smallest absolute Gasteiger partial charge is 0.341 e. The topological polar surface area (TPSA) is 85.4 Å². The molecule has 5 heterocycles. The number of rotatable bonds is 3. The van der Waals surface area contributed by atoms with Gasteiger partial charge in [0.2, 0.25) is 5.91 Å². The maximum atomic E-state index is 13.6. The number of piperidine rings is 1. The van der Waals surface area contributed by atoms with Crippen molar-refractivity contribution in [1.82, 2.24) is 29.0 Å². The lowest BCUT2D eigenvalue weighted by atomic mass is 9.97. The number of thiophene rings is 1. The van der Waals surface area contributed by atoms with E-state index in [4.69, 9.17) is 4.98 Å². The van der Waals surface area contributed by atoms with E-state index in [0.29, 0.717) is 11.5 Å². The summed E-state index contributed by atoms with van der Waals surface area (Å²) in [6, 6.07) is 3.68. The Balaban J connectivity index is 1.56. The maximum absolute atomic E-state index is 13.6. The van der Waals surface area contributed by atoms with Gasteiger partial charge in [-0.25, -0.2) is 9.78 Å². The van der Waals surface area contributed by atoms with Crippen LogP contribution in [0.5, 0.6) is 0 Å². The van der Waals surface area contributed by atoms with Crippen LogP contribution in [0.3, 0.4) is 0 Å². The number of carbonyl (C=O) groups is 1. The van der Waals surface area contributed by atoms with E-state index in [1.165, 1.54) is 15.0 Å². The van der Waals surface area contributed by atoms with Gasteiger partial charge in [0.05, 0.1) is 5.39 Å². The molecule has 0 N–H and O–H groups in total. The number of aromatic nitrogens is 5. The number of amides is 1. The Morgan fingerprint density at radius 1 is 1.03 bits per heavy atom. The van der Waals surface area contributed by atoms with E-state index in [0.717, 1.165) is 73.8 Å². The Labute approximate surface area is 188 Å². The highest BCUT2D eigenvalue weighted by molar-refractivity contribution is 7.19. The molecule has 0 aromatic carbocycles. The second kappa shape index (κ2) is 7.81. The normalized spacial score (nSPS) is 16.6. The van der Waals surface area contributed by atoms with Crippen LogP contribution in [0.25, 0.3) is 27.3 Å². The fraction of sp³-hybridized carbons (Fsp3) is 0.435. The molecule has 0 saturated carbocycles. The number of nitrogens with zero attached hydrogens (tertiary/aromatic N) is 6. The van der Waals surface area contributed by atoms with Crippen LogP contribution in [0.4, 0.5) is 0 Å². The van der Waals surface area contributed by atoms with Crippen LogP contribution in [-0.4, -0.2) is 48.0 Å². The van der Waals surface area contributed by atoms with Gasteiger partial charge < -0.3 is 4.90 Å². The van der Waals surface area contributed by atoms with Gasteiger partial charge in [0.25, 0.3) is 0 Å². The van der Waals surface area contributed by atoms with E-state index < -0.39 is 0 Å². The van der Waals surface area contributed by atoms with Gasteiger partial charge in [-0.1, -0.05) is 0 Å². The molecule has 1 saturated heterocycles. The van der Waals surface area contributed by atoms with Crippen molar-refractivity contribution in [3.05, 3.63) is 45.5 Å². The summed E-state index contributed by atoms with van der Waals surface area (Å²) in [5.74, 6) is 0.509. The monoisotopic (exact) mass is 448 g/mol. The van der Waals surface area contributed by atoms with Crippen LogP contribution in [0.15, 0.2) is 29.3 Å². The van der Waals surface area contributed by atoms with Crippen molar-refractivity contribution in [1.29, 1.82) is 0 Å². The molecule has 164 valence electrons. The van der Waals surface area contributed by atoms with E-state index in [9.17, 15) is 9.59 Å². The zero-order valence-electron chi connectivity index (χ0n) is 17.8. The van der Waals surface area contributed by atoms with Crippen molar-refractivity contribution in [2.45, 2.75) is 51.5 Å². The van der Waals surface area contributed by atoms with Crippen molar-refractivity contribution in [3.8, 4) is 11.4 Å². The fourth-order valence-corrected chi connectivity index (χ4v) is 6.30. The molecule has 6 rings (SSSR count). The SMILES string of the molecule is O=C(Cn1c(=O)n2nc(-c3ccncc3)nc2c2c3c(sc21)CCCC3)N1CCCCC1. The molecule has 1 amide bonds. The van der Waals surface area contributed by atoms with Crippen molar-refractivity contribution in [2.75, 3.05) is 13.1 Å². The Morgan fingerprint density at radius 2 is 1.81 bits per heavy atom. The van der Waals surface area contributed by atoms with Crippen LogP contribution in [0, 0.1) is 0 Å². The molecule has 1 aliphatic carbocycles. The molecular weight excluding hydrogens is 424 g/mol. The van der Waals surface area contributed by atoms with E-state index in [1.807, 2.05) is 17.0 Å². The Morgan fingerprint density at radius 3 is 2.62 bits per heavy atom. The van der Waals surface area contributed by atoms with Gasteiger partial charge in [0.1, 0.15) is 11.4 Å². The minimum Gasteiger partial charge on any atom is -0.341 e. The third kappa shape index (κ3) is 3.14. The number of pyridine rings is 1. The van der Waals surface area contributed by atoms with Crippen molar-refractivity contribution in [2.24, 2.45) is 0 Å². The first kappa shape index (κ1) is 19.6. The lowest BCUT2D eigenvalue weighted by molar-refractivity contribution is -0.132. The summed E-state index contributed by atoms with van der Waals surface area (Å²) in [6.07, 6.45) is 10.9. The van der Waals surface area contributed by atoms with Gasteiger partial charge in [-0.2, -0.15) is 4.52 Å². The number of carbonyl (C=O) groups excluding carboxylic acids is 1. The summed E-state index contributed by atoms with van der Waals surface area (Å²) in [4.78, 5) is 39.6. The Hall–Kier alpha value is -3.07. The van der Waals surface area contributed by atoms with Crippen molar-refractivity contribution in [3.63, 3.8) is 0 Å². The Bertz CT molecular complexity index is 1380. The molecule has 0 spiro atoms. The second-order valence-corrected chi connectivity index (χ2v) is 9.69. The lowest BCUT2D eigenvalue weighted by Gasteiger charge is -2.27. The van der Waals surface area contributed by atoms with Crippen LogP contribution in [0.2, 0.25) is 0 Å². The van der Waals surface area contributed by atoms with Crippen LogP contribution >= 0.6 is 11.3 Å². The molecule has 0 unspecified atom stereocenters. The molecule has 1 aliphatic heterocycles. The first-order chi connectivity index (χ1) is 15.7. The number of aryl methyl sites for hydroxylation is 2. The molecule has 1 fully saturated rings. The van der Waals surface area contributed by atoms with Gasteiger partial charge in [-0.05, 0) is 62.6 Å². The predicted molar refractivity (Wildman–Crippen MR) is 123 cm³/mol. The average Bonchev–Trinajstić information content (AvgIpc) is 3.45. The number of hydrogen-bond donors (Lipinski definition) is 0. The van der Waals surface area contributed by atoms with Gasteiger partial charge in [0.15, 0.2) is 11.5 Å². The lowest BCUT2D eigenvalue weighted by Crippen LogP contribution is -2.40. The van der Waals surface area contributed by atoms with Crippen LogP contribution < -0.4 is 5.69 Å². The van der Waals surface area contributed by atoms with E-state index in [2.05, 4.69) is 10.1 Å². The molecule has 9 heteroatoms. The van der Waals surface area contributed by atoms with E-state index in [-0.39, 0.29) is 18.1 Å². The first-order valence-electron chi connectivity index (χ1n) is 11.3. The van der Waals surface area contributed by atoms with Crippen LogP contribution in [-0.2, 0) is 24.2 Å². The first-order valence-corrected chi connectivity index (χ1v) is 12.1. The average molecular weight is 449 g/mol. The highest BCUT2D eigenvalue weighted by Crippen LogP contribution is 2.38. The third-order valence-electron chi connectivity index (χ3n) is 6.58. The van der Waals surface area contributed by atoms with Gasteiger partial charge >= 0.3 is 5.69 Å². The number of likely N-dealkylation sites (tertiary alicyclic amines) is 1. The maximum Gasteiger partial charge on any atom is 0.352 e.